The first-order valence-corrected chi connectivity index (χ1v) is 9.58. The van der Waals surface area contributed by atoms with Crippen LogP contribution in [0.25, 0.3) is 0 Å². The number of hydrogen-bond donors (Lipinski definition) is 1. The summed E-state index contributed by atoms with van der Waals surface area (Å²) in [4.78, 5) is 14.3. The van der Waals surface area contributed by atoms with Crippen LogP contribution in [-0.2, 0) is 4.79 Å². The predicted molar refractivity (Wildman–Crippen MR) is 97.7 cm³/mol. The minimum Gasteiger partial charge on any atom is -0.416 e. The molecule has 3 rings (SSSR count). The minimum absolute atomic E-state index is 0.00416. The number of nitrogens with zero attached hydrogens (tertiary/aromatic N) is 3. The number of rotatable bonds is 7. The zero-order valence-corrected chi connectivity index (χ0v) is 15.5. The lowest BCUT2D eigenvalue weighted by atomic mass is 9.94. The van der Waals surface area contributed by atoms with Gasteiger partial charge in [0.15, 0.2) is 0 Å². The number of amides is 1. The standard InChI is InChI=1S/C18H24N4O2S/c1-13-5-3-4-6-16(13)15-7-9-22(11-15)10-8-19-17(23)12-25-18-21-20-14(2)24-18/h3-6,15H,7-12H2,1-2H3,(H,19,23)/t15-/m0/s1. The van der Waals surface area contributed by atoms with Gasteiger partial charge in [0.25, 0.3) is 5.22 Å². The van der Waals surface area contributed by atoms with Crippen LogP contribution < -0.4 is 5.32 Å². The van der Waals surface area contributed by atoms with E-state index in [2.05, 4.69) is 51.6 Å². The highest BCUT2D eigenvalue weighted by atomic mass is 32.2. The van der Waals surface area contributed by atoms with Crippen molar-refractivity contribution in [3.8, 4) is 0 Å². The van der Waals surface area contributed by atoms with Crippen LogP contribution in [0.15, 0.2) is 33.9 Å². The fourth-order valence-corrected chi connectivity index (χ4v) is 3.84. The summed E-state index contributed by atoms with van der Waals surface area (Å²) < 4.78 is 5.24. The number of aryl methyl sites for hydroxylation is 2. The molecule has 1 aromatic heterocycles. The average Bonchev–Trinajstić information content (AvgIpc) is 3.22. The van der Waals surface area contributed by atoms with E-state index in [0.717, 1.165) is 19.6 Å². The topological polar surface area (TPSA) is 71.3 Å². The number of nitrogens with one attached hydrogen (secondary N) is 1. The molecule has 2 aromatic rings. The van der Waals surface area contributed by atoms with Gasteiger partial charge in [0, 0.05) is 26.6 Å². The van der Waals surface area contributed by atoms with Crippen LogP contribution in [0.3, 0.4) is 0 Å². The Morgan fingerprint density at radius 1 is 1.36 bits per heavy atom. The van der Waals surface area contributed by atoms with Gasteiger partial charge < -0.3 is 14.6 Å². The largest absolute Gasteiger partial charge is 0.416 e. The van der Waals surface area contributed by atoms with Gasteiger partial charge in [-0.05, 0) is 36.9 Å². The summed E-state index contributed by atoms with van der Waals surface area (Å²) in [5.74, 6) is 1.41. The number of benzene rings is 1. The van der Waals surface area contributed by atoms with Gasteiger partial charge in [-0.3, -0.25) is 4.79 Å². The zero-order chi connectivity index (χ0) is 17.6. The molecule has 1 aromatic carbocycles. The molecular formula is C18H24N4O2S. The van der Waals surface area contributed by atoms with Gasteiger partial charge >= 0.3 is 0 Å². The molecule has 1 aliphatic rings. The Bertz CT molecular complexity index is 719. The SMILES string of the molecule is Cc1nnc(SCC(=O)NCCN2CC[C@H](c3ccccc3C)C2)o1. The zero-order valence-electron chi connectivity index (χ0n) is 14.7. The highest BCUT2D eigenvalue weighted by Crippen LogP contribution is 2.28. The summed E-state index contributed by atoms with van der Waals surface area (Å²) in [5.41, 5.74) is 2.83. The lowest BCUT2D eigenvalue weighted by molar-refractivity contribution is -0.118. The summed E-state index contributed by atoms with van der Waals surface area (Å²) in [6.45, 7) is 7.63. The lowest BCUT2D eigenvalue weighted by Gasteiger charge is -2.17. The van der Waals surface area contributed by atoms with Crippen molar-refractivity contribution in [3.05, 3.63) is 41.3 Å². The molecule has 1 fully saturated rings. The van der Waals surface area contributed by atoms with E-state index in [1.54, 1.807) is 6.92 Å². The molecule has 0 spiro atoms. The van der Waals surface area contributed by atoms with Crippen molar-refractivity contribution in [2.45, 2.75) is 31.4 Å². The van der Waals surface area contributed by atoms with Crippen LogP contribution >= 0.6 is 11.8 Å². The van der Waals surface area contributed by atoms with Crippen LogP contribution in [0.2, 0.25) is 0 Å². The third kappa shape index (κ3) is 5.06. The third-order valence-corrected chi connectivity index (χ3v) is 5.30. The fourth-order valence-electron chi connectivity index (χ4n) is 3.20. The molecule has 25 heavy (non-hydrogen) atoms. The third-order valence-electron chi connectivity index (χ3n) is 4.49. The Labute approximate surface area is 152 Å². The Kier molecular flexibility index (Phi) is 6.09. The van der Waals surface area contributed by atoms with Gasteiger partial charge in [0.05, 0.1) is 5.75 Å². The van der Waals surface area contributed by atoms with Gasteiger partial charge in [-0.2, -0.15) is 0 Å². The van der Waals surface area contributed by atoms with Crippen LogP contribution in [0.5, 0.6) is 0 Å². The Morgan fingerprint density at radius 2 is 2.20 bits per heavy atom. The first kappa shape index (κ1) is 17.9. The molecular weight excluding hydrogens is 336 g/mol. The van der Waals surface area contributed by atoms with E-state index in [-0.39, 0.29) is 5.91 Å². The molecule has 1 aliphatic heterocycles. The molecule has 0 bridgehead atoms. The second-order valence-electron chi connectivity index (χ2n) is 6.37. The molecule has 2 heterocycles. The Balaban J connectivity index is 1.35. The Hall–Kier alpha value is -1.86. The monoisotopic (exact) mass is 360 g/mol. The lowest BCUT2D eigenvalue weighted by Crippen LogP contribution is -2.34. The molecule has 7 heteroatoms. The molecule has 0 aliphatic carbocycles. The highest BCUT2D eigenvalue weighted by Gasteiger charge is 2.24. The molecule has 0 radical (unpaired) electrons. The van der Waals surface area contributed by atoms with E-state index in [1.807, 2.05) is 0 Å². The van der Waals surface area contributed by atoms with Gasteiger partial charge in [-0.15, -0.1) is 10.2 Å². The summed E-state index contributed by atoms with van der Waals surface area (Å²) in [7, 11) is 0. The number of aromatic nitrogens is 2. The van der Waals surface area contributed by atoms with Crippen molar-refractivity contribution in [1.29, 1.82) is 0 Å². The number of likely N-dealkylation sites (tertiary alicyclic amines) is 1. The van der Waals surface area contributed by atoms with Gasteiger partial charge in [-0.1, -0.05) is 36.0 Å². The molecule has 0 unspecified atom stereocenters. The van der Waals surface area contributed by atoms with E-state index >= 15 is 0 Å². The smallest absolute Gasteiger partial charge is 0.277 e. The van der Waals surface area contributed by atoms with Crippen molar-refractivity contribution in [3.63, 3.8) is 0 Å². The molecule has 1 amide bonds. The molecule has 0 saturated carbocycles. The van der Waals surface area contributed by atoms with E-state index < -0.39 is 0 Å². The summed E-state index contributed by atoms with van der Waals surface area (Å²) >= 11 is 1.27. The van der Waals surface area contributed by atoms with Gasteiger partial charge in [-0.25, -0.2) is 0 Å². The number of hydrogen-bond acceptors (Lipinski definition) is 6. The van der Waals surface area contributed by atoms with E-state index in [0.29, 0.717) is 29.3 Å². The normalized spacial score (nSPS) is 17.8. The molecule has 134 valence electrons. The van der Waals surface area contributed by atoms with Gasteiger partial charge in [0.2, 0.25) is 11.8 Å². The molecule has 1 N–H and O–H groups in total. The summed E-state index contributed by atoms with van der Waals surface area (Å²) in [6, 6.07) is 8.63. The molecule has 1 saturated heterocycles. The van der Waals surface area contributed by atoms with Crippen LogP contribution in [0, 0.1) is 13.8 Å². The van der Waals surface area contributed by atoms with Crippen molar-refractivity contribution in [2.75, 3.05) is 31.9 Å². The number of thioether (sulfide) groups is 1. The second-order valence-corrected chi connectivity index (χ2v) is 7.30. The Morgan fingerprint density at radius 3 is 2.96 bits per heavy atom. The quantitative estimate of drug-likeness (QED) is 0.765. The average molecular weight is 360 g/mol. The van der Waals surface area contributed by atoms with Crippen molar-refractivity contribution < 1.29 is 9.21 Å². The maximum Gasteiger partial charge on any atom is 0.277 e. The van der Waals surface area contributed by atoms with Crippen LogP contribution in [0.1, 0.15) is 29.4 Å². The first-order valence-electron chi connectivity index (χ1n) is 8.59. The number of carbonyl (C=O) groups is 1. The van der Waals surface area contributed by atoms with E-state index in [9.17, 15) is 4.79 Å². The van der Waals surface area contributed by atoms with E-state index in [1.165, 1.54) is 29.3 Å². The van der Waals surface area contributed by atoms with Crippen molar-refractivity contribution >= 4 is 17.7 Å². The van der Waals surface area contributed by atoms with Crippen molar-refractivity contribution in [2.24, 2.45) is 0 Å². The maximum absolute atomic E-state index is 11.9. The highest BCUT2D eigenvalue weighted by molar-refractivity contribution is 7.99. The van der Waals surface area contributed by atoms with Crippen LogP contribution in [0.4, 0.5) is 0 Å². The molecule has 1 atom stereocenters. The minimum atomic E-state index is -0.00416. The second kappa shape index (κ2) is 8.49. The fraction of sp³-hybridized carbons (Fsp3) is 0.500. The van der Waals surface area contributed by atoms with Crippen molar-refractivity contribution in [1.82, 2.24) is 20.4 Å². The van der Waals surface area contributed by atoms with Gasteiger partial charge in [0.1, 0.15) is 0 Å². The molecule has 6 nitrogen and oxygen atoms in total. The maximum atomic E-state index is 11.9. The number of carbonyl (C=O) groups excluding carboxylic acids is 1. The summed E-state index contributed by atoms with van der Waals surface area (Å²) in [6.07, 6.45) is 1.19. The first-order chi connectivity index (χ1) is 12.1. The van der Waals surface area contributed by atoms with E-state index in [4.69, 9.17) is 4.42 Å². The van der Waals surface area contributed by atoms with Crippen LogP contribution in [-0.4, -0.2) is 52.9 Å². The summed E-state index contributed by atoms with van der Waals surface area (Å²) in [5, 5.41) is 11.0. The predicted octanol–water partition coefficient (Wildman–Crippen LogP) is 2.38.